The van der Waals surface area contributed by atoms with Crippen LogP contribution in [-0.4, -0.2) is 55.1 Å². The number of aromatic nitrogens is 2. The third-order valence-corrected chi connectivity index (χ3v) is 6.03. The van der Waals surface area contributed by atoms with Crippen molar-refractivity contribution in [3.8, 4) is 0 Å². The topological polar surface area (TPSA) is 35.5 Å². The minimum Gasteiger partial charge on any atom is -0.355 e. The van der Waals surface area contributed by atoms with Crippen molar-refractivity contribution in [2.75, 3.05) is 44.0 Å². The van der Waals surface area contributed by atoms with Crippen LogP contribution in [0.5, 0.6) is 0 Å². The second-order valence-electron chi connectivity index (χ2n) is 6.46. The number of halogens is 1. The van der Waals surface area contributed by atoms with Crippen molar-refractivity contribution >= 4 is 39.0 Å². The highest BCUT2D eigenvalue weighted by atomic mass is 79.9. The Hall–Kier alpha value is -1.18. The molecule has 1 aliphatic rings. The molecule has 130 valence electrons. The molecular formula is C17H24BrN5S. The lowest BCUT2D eigenvalue weighted by molar-refractivity contribution is 0.200. The first-order valence-electron chi connectivity index (χ1n) is 8.22. The third-order valence-electron chi connectivity index (χ3n) is 4.43. The van der Waals surface area contributed by atoms with Gasteiger partial charge in [0.2, 0.25) is 5.95 Å². The number of likely N-dealkylation sites (N-methyl/N-ethyl adjacent to an activating group) is 1. The Balaban J connectivity index is 1.66. The first-order valence-corrected chi connectivity index (χ1v) is 9.83. The number of thiophene rings is 1. The summed E-state index contributed by atoms with van der Waals surface area (Å²) in [6.45, 7) is 3.28. The number of nitrogens with zero attached hydrogens (tertiary/aromatic N) is 5. The van der Waals surface area contributed by atoms with Gasteiger partial charge in [-0.3, -0.25) is 4.90 Å². The third kappa shape index (κ3) is 4.26. The van der Waals surface area contributed by atoms with Gasteiger partial charge in [-0.25, -0.2) is 4.98 Å². The number of hydrogen-bond acceptors (Lipinski definition) is 6. The number of piperidine rings is 1. The first kappa shape index (κ1) is 17.6. The highest BCUT2D eigenvalue weighted by Crippen LogP contribution is 2.26. The zero-order valence-electron chi connectivity index (χ0n) is 14.4. The van der Waals surface area contributed by atoms with Crippen molar-refractivity contribution < 1.29 is 0 Å². The molecule has 0 spiro atoms. The van der Waals surface area contributed by atoms with Gasteiger partial charge >= 0.3 is 0 Å². The van der Waals surface area contributed by atoms with Gasteiger partial charge in [-0.15, -0.1) is 11.3 Å². The Bertz CT molecular complexity index is 675. The number of hydrogen-bond donors (Lipinski definition) is 0. The molecule has 1 saturated heterocycles. The standard InChI is InChI=1S/C17H24BrN5S/c1-21(2)17-19-9-8-16(20-17)22(3)13-5-4-10-23(11-13)12-14-6-7-15(18)24-14/h6-9,13H,4-5,10-12H2,1-3H3. The molecule has 1 unspecified atom stereocenters. The van der Waals surface area contributed by atoms with Gasteiger partial charge in [0.05, 0.1) is 3.79 Å². The van der Waals surface area contributed by atoms with E-state index in [1.807, 2.05) is 42.6 Å². The van der Waals surface area contributed by atoms with E-state index in [2.05, 4.69) is 54.9 Å². The van der Waals surface area contributed by atoms with E-state index in [9.17, 15) is 0 Å². The van der Waals surface area contributed by atoms with E-state index in [-0.39, 0.29) is 0 Å². The summed E-state index contributed by atoms with van der Waals surface area (Å²) in [7, 11) is 6.10. The van der Waals surface area contributed by atoms with Crippen molar-refractivity contribution in [1.29, 1.82) is 0 Å². The largest absolute Gasteiger partial charge is 0.355 e. The summed E-state index contributed by atoms with van der Waals surface area (Å²) in [4.78, 5) is 17.2. The maximum atomic E-state index is 4.68. The lowest BCUT2D eigenvalue weighted by atomic mass is 10.0. The van der Waals surface area contributed by atoms with E-state index >= 15 is 0 Å². The fourth-order valence-corrected chi connectivity index (χ4v) is 4.61. The minimum atomic E-state index is 0.493. The molecule has 2 aromatic heterocycles. The Labute approximate surface area is 156 Å². The van der Waals surface area contributed by atoms with Gasteiger partial charge in [0.25, 0.3) is 0 Å². The van der Waals surface area contributed by atoms with Crippen LogP contribution < -0.4 is 9.80 Å². The van der Waals surface area contributed by atoms with Gasteiger partial charge in [-0.2, -0.15) is 4.98 Å². The highest BCUT2D eigenvalue weighted by Gasteiger charge is 2.24. The van der Waals surface area contributed by atoms with Gasteiger partial charge in [-0.05, 0) is 53.5 Å². The molecule has 0 amide bonds. The van der Waals surface area contributed by atoms with E-state index < -0.39 is 0 Å². The summed E-state index contributed by atoms with van der Waals surface area (Å²) in [5, 5.41) is 0. The molecule has 0 N–H and O–H groups in total. The zero-order chi connectivity index (χ0) is 17.1. The van der Waals surface area contributed by atoms with Crippen LogP contribution in [0.15, 0.2) is 28.2 Å². The van der Waals surface area contributed by atoms with Crippen LogP contribution in [0.2, 0.25) is 0 Å². The summed E-state index contributed by atoms with van der Waals surface area (Å²) >= 11 is 5.38. The van der Waals surface area contributed by atoms with Crippen LogP contribution in [0.4, 0.5) is 11.8 Å². The van der Waals surface area contributed by atoms with Crippen molar-refractivity contribution in [2.45, 2.75) is 25.4 Å². The number of likely N-dealkylation sites (tertiary alicyclic amines) is 1. The lowest BCUT2D eigenvalue weighted by Gasteiger charge is -2.38. The smallest absolute Gasteiger partial charge is 0.226 e. The van der Waals surface area contributed by atoms with Crippen molar-refractivity contribution in [2.24, 2.45) is 0 Å². The summed E-state index contributed by atoms with van der Waals surface area (Å²) < 4.78 is 1.21. The molecule has 5 nitrogen and oxygen atoms in total. The number of rotatable bonds is 5. The fraction of sp³-hybridized carbons (Fsp3) is 0.529. The summed E-state index contributed by atoms with van der Waals surface area (Å²) in [5.41, 5.74) is 0. The number of anilines is 2. The molecule has 24 heavy (non-hydrogen) atoms. The average molecular weight is 410 g/mol. The van der Waals surface area contributed by atoms with Crippen molar-refractivity contribution in [3.05, 3.63) is 33.1 Å². The monoisotopic (exact) mass is 409 g/mol. The van der Waals surface area contributed by atoms with E-state index in [0.717, 1.165) is 24.9 Å². The van der Waals surface area contributed by atoms with E-state index in [1.165, 1.54) is 28.0 Å². The van der Waals surface area contributed by atoms with Crippen LogP contribution in [0.3, 0.4) is 0 Å². The predicted octanol–water partition coefficient (Wildman–Crippen LogP) is 3.47. The minimum absolute atomic E-state index is 0.493. The molecule has 1 atom stereocenters. The molecule has 3 rings (SSSR count). The van der Waals surface area contributed by atoms with Crippen molar-refractivity contribution in [3.63, 3.8) is 0 Å². The summed E-state index contributed by atoms with van der Waals surface area (Å²) in [6.07, 6.45) is 4.29. The molecule has 0 radical (unpaired) electrons. The van der Waals surface area contributed by atoms with E-state index in [0.29, 0.717) is 6.04 Å². The van der Waals surface area contributed by atoms with Gasteiger partial charge < -0.3 is 9.80 Å². The van der Waals surface area contributed by atoms with E-state index in [4.69, 9.17) is 0 Å². The molecule has 1 aliphatic heterocycles. The van der Waals surface area contributed by atoms with Gasteiger partial charge in [0, 0.05) is 51.3 Å². The Kier molecular flexibility index (Phi) is 5.73. The molecule has 3 heterocycles. The maximum absolute atomic E-state index is 4.68. The maximum Gasteiger partial charge on any atom is 0.226 e. The SMILES string of the molecule is CN(C)c1nccc(N(C)C2CCCN(Cc3ccc(Br)s3)C2)n1. The van der Waals surface area contributed by atoms with Gasteiger partial charge in [0.15, 0.2) is 0 Å². The molecule has 0 aliphatic carbocycles. The van der Waals surface area contributed by atoms with Gasteiger partial charge in [-0.1, -0.05) is 0 Å². The van der Waals surface area contributed by atoms with Crippen LogP contribution in [0, 0.1) is 0 Å². The molecule has 0 saturated carbocycles. The first-order chi connectivity index (χ1) is 11.5. The van der Waals surface area contributed by atoms with Crippen LogP contribution in [0.25, 0.3) is 0 Å². The lowest BCUT2D eigenvalue weighted by Crippen LogP contribution is -2.46. The molecule has 7 heteroatoms. The normalized spacial score (nSPS) is 18.6. The zero-order valence-corrected chi connectivity index (χ0v) is 16.8. The Morgan fingerprint density at radius 2 is 2.12 bits per heavy atom. The quantitative estimate of drug-likeness (QED) is 0.755. The van der Waals surface area contributed by atoms with Gasteiger partial charge in [0.1, 0.15) is 5.82 Å². The fourth-order valence-electron chi connectivity index (χ4n) is 3.09. The second-order valence-corrected chi connectivity index (χ2v) is 9.00. The molecule has 1 fully saturated rings. The van der Waals surface area contributed by atoms with E-state index in [1.54, 1.807) is 0 Å². The average Bonchev–Trinajstić information content (AvgIpc) is 2.99. The van der Waals surface area contributed by atoms with Crippen LogP contribution >= 0.6 is 27.3 Å². The molecular weight excluding hydrogens is 386 g/mol. The van der Waals surface area contributed by atoms with Crippen LogP contribution in [0.1, 0.15) is 17.7 Å². The Morgan fingerprint density at radius 3 is 2.83 bits per heavy atom. The van der Waals surface area contributed by atoms with Crippen LogP contribution in [-0.2, 0) is 6.54 Å². The molecule has 0 bridgehead atoms. The highest BCUT2D eigenvalue weighted by molar-refractivity contribution is 9.11. The summed E-state index contributed by atoms with van der Waals surface area (Å²) in [5.74, 6) is 1.76. The molecule has 2 aromatic rings. The molecule has 0 aromatic carbocycles. The van der Waals surface area contributed by atoms with Crippen molar-refractivity contribution in [1.82, 2.24) is 14.9 Å². The Morgan fingerprint density at radius 1 is 1.29 bits per heavy atom. The predicted molar refractivity (Wildman–Crippen MR) is 105 cm³/mol. The second kappa shape index (κ2) is 7.80. The summed E-state index contributed by atoms with van der Waals surface area (Å²) in [6, 6.07) is 6.85.